The van der Waals surface area contributed by atoms with Gasteiger partial charge < -0.3 is 14.2 Å². The first-order valence-corrected chi connectivity index (χ1v) is 6.32. The molecule has 0 bridgehead atoms. The van der Waals surface area contributed by atoms with Crippen LogP contribution in [0.2, 0.25) is 0 Å². The van der Waals surface area contributed by atoms with E-state index >= 15 is 0 Å². The molecule has 1 aliphatic heterocycles. The van der Waals surface area contributed by atoms with Gasteiger partial charge in [-0.25, -0.2) is 4.79 Å². The van der Waals surface area contributed by atoms with Crippen molar-refractivity contribution in [1.29, 1.82) is 0 Å². The van der Waals surface area contributed by atoms with Gasteiger partial charge in [0.2, 0.25) is 0 Å². The lowest BCUT2D eigenvalue weighted by Crippen LogP contribution is -2.27. The number of hydrogen-bond donors (Lipinski definition) is 0. The molecule has 0 spiro atoms. The second kappa shape index (κ2) is 5.41. The first-order valence-electron chi connectivity index (χ1n) is 6.32. The van der Waals surface area contributed by atoms with Gasteiger partial charge in [0.1, 0.15) is 17.1 Å². The standard InChI is InChI=1S/C16H18O4/c1-16(2)10-9-12-13(20-16)7-5-11(15(12)19-4)6-8-14(17)18-3/h5-10H,1-4H3. The third-order valence-electron chi connectivity index (χ3n) is 3.02. The number of carbonyl (C=O) groups excluding carboxylic acids is 1. The second-order valence-electron chi connectivity index (χ2n) is 5.00. The maximum Gasteiger partial charge on any atom is 0.330 e. The average molecular weight is 274 g/mol. The Morgan fingerprint density at radius 2 is 2.05 bits per heavy atom. The van der Waals surface area contributed by atoms with Crippen LogP contribution in [-0.4, -0.2) is 25.8 Å². The van der Waals surface area contributed by atoms with Gasteiger partial charge in [-0.3, -0.25) is 0 Å². The molecule has 0 atom stereocenters. The van der Waals surface area contributed by atoms with Gasteiger partial charge in [0, 0.05) is 11.6 Å². The largest absolute Gasteiger partial charge is 0.495 e. The molecule has 0 amide bonds. The maximum atomic E-state index is 11.2. The van der Waals surface area contributed by atoms with Crippen molar-refractivity contribution in [2.45, 2.75) is 19.4 Å². The molecule has 1 aliphatic rings. The minimum Gasteiger partial charge on any atom is -0.495 e. The molecule has 4 heteroatoms. The molecule has 0 aromatic heterocycles. The van der Waals surface area contributed by atoms with E-state index in [4.69, 9.17) is 9.47 Å². The molecule has 106 valence electrons. The van der Waals surface area contributed by atoms with Crippen molar-refractivity contribution in [3.8, 4) is 11.5 Å². The third kappa shape index (κ3) is 2.85. The Labute approximate surface area is 118 Å². The molecule has 4 nitrogen and oxygen atoms in total. The van der Waals surface area contributed by atoms with Crippen LogP contribution in [0.5, 0.6) is 11.5 Å². The summed E-state index contributed by atoms with van der Waals surface area (Å²) in [5.41, 5.74) is 1.34. The van der Waals surface area contributed by atoms with E-state index in [2.05, 4.69) is 4.74 Å². The minimum atomic E-state index is -0.405. The van der Waals surface area contributed by atoms with Crippen molar-refractivity contribution in [3.63, 3.8) is 0 Å². The quantitative estimate of drug-likeness (QED) is 0.627. The first kappa shape index (κ1) is 14.2. The molecule has 0 unspecified atom stereocenters. The molecular weight excluding hydrogens is 256 g/mol. The summed E-state index contributed by atoms with van der Waals surface area (Å²) in [6, 6.07) is 3.73. The van der Waals surface area contributed by atoms with Crippen LogP contribution >= 0.6 is 0 Å². The van der Waals surface area contributed by atoms with E-state index in [9.17, 15) is 4.79 Å². The summed E-state index contributed by atoms with van der Waals surface area (Å²) in [5, 5.41) is 0. The zero-order chi connectivity index (χ0) is 14.8. The van der Waals surface area contributed by atoms with Crippen molar-refractivity contribution in [2.24, 2.45) is 0 Å². The zero-order valence-corrected chi connectivity index (χ0v) is 12.1. The first-order chi connectivity index (χ1) is 9.46. The molecule has 0 saturated heterocycles. The lowest BCUT2D eigenvalue weighted by Gasteiger charge is -2.29. The Bertz CT molecular complexity index is 582. The van der Waals surface area contributed by atoms with E-state index in [1.165, 1.54) is 13.2 Å². The fourth-order valence-electron chi connectivity index (χ4n) is 2.03. The van der Waals surface area contributed by atoms with Crippen molar-refractivity contribution >= 4 is 18.1 Å². The molecule has 0 saturated carbocycles. The summed E-state index contributed by atoms with van der Waals surface area (Å²) < 4.78 is 15.9. The summed E-state index contributed by atoms with van der Waals surface area (Å²) in [6.45, 7) is 3.98. The summed E-state index contributed by atoms with van der Waals surface area (Å²) in [7, 11) is 2.94. The van der Waals surface area contributed by atoms with E-state index in [-0.39, 0.29) is 5.60 Å². The van der Waals surface area contributed by atoms with Gasteiger partial charge in [0.15, 0.2) is 0 Å². The predicted molar refractivity (Wildman–Crippen MR) is 77.8 cm³/mol. The molecule has 2 rings (SSSR count). The number of methoxy groups -OCH3 is 2. The molecule has 1 aromatic rings. The van der Waals surface area contributed by atoms with Gasteiger partial charge in [-0.15, -0.1) is 0 Å². The van der Waals surface area contributed by atoms with Crippen LogP contribution in [0.1, 0.15) is 25.0 Å². The van der Waals surface area contributed by atoms with Gasteiger partial charge in [-0.05, 0) is 44.2 Å². The van der Waals surface area contributed by atoms with Gasteiger partial charge in [0.25, 0.3) is 0 Å². The number of benzene rings is 1. The van der Waals surface area contributed by atoms with E-state index in [1.807, 2.05) is 38.1 Å². The summed E-state index contributed by atoms with van der Waals surface area (Å²) in [5.74, 6) is 1.04. The minimum absolute atomic E-state index is 0.332. The van der Waals surface area contributed by atoms with Crippen molar-refractivity contribution < 1.29 is 19.0 Å². The number of esters is 1. The zero-order valence-electron chi connectivity index (χ0n) is 12.1. The third-order valence-corrected chi connectivity index (χ3v) is 3.02. The second-order valence-corrected chi connectivity index (χ2v) is 5.00. The van der Waals surface area contributed by atoms with Gasteiger partial charge in [-0.2, -0.15) is 0 Å². The lowest BCUT2D eigenvalue weighted by atomic mass is 9.99. The number of hydrogen-bond acceptors (Lipinski definition) is 4. The normalized spacial score (nSPS) is 15.6. The number of fused-ring (bicyclic) bond motifs is 1. The highest BCUT2D eigenvalue weighted by Crippen LogP contribution is 2.39. The Morgan fingerprint density at radius 3 is 2.70 bits per heavy atom. The Hall–Kier alpha value is -2.23. The number of rotatable bonds is 3. The van der Waals surface area contributed by atoms with Crippen LogP contribution in [0.25, 0.3) is 12.2 Å². The van der Waals surface area contributed by atoms with E-state index < -0.39 is 5.97 Å². The van der Waals surface area contributed by atoms with Crippen LogP contribution < -0.4 is 9.47 Å². The molecular formula is C16H18O4. The Kier molecular flexibility index (Phi) is 3.84. The van der Waals surface area contributed by atoms with Crippen LogP contribution in [0.15, 0.2) is 24.3 Å². The average Bonchev–Trinajstić information content (AvgIpc) is 2.42. The SMILES string of the molecule is COC(=O)C=Cc1ccc2c(c1OC)C=CC(C)(C)O2. The summed E-state index contributed by atoms with van der Waals surface area (Å²) in [4.78, 5) is 11.2. The fourth-order valence-corrected chi connectivity index (χ4v) is 2.03. The van der Waals surface area contributed by atoms with Crippen LogP contribution in [-0.2, 0) is 9.53 Å². The van der Waals surface area contributed by atoms with Crippen molar-refractivity contribution in [3.05, 3.63) is 35.4 Å². The van der Waals surface area contributed by atoms with Gasteiger partial charge in [-0.1, -0.05) is 0 Å². The monoisotopic (exact) mass is 274 g/mol. The predicted octanol–water partition coefficient (Wildman–Crippen LogP) is 3.07. The molecule has 1 heterocycles. The molecule has 0 radical (unpaired) electrons. The van der Waals surface area contributed by atoms with Gasteiger partial charge >= 0.3 is 5.97 Å². The summed E-state index contributed by atoms with van der Waals surface area (Å²) in [6.07, 6.45) is 6.99. The van der Waals surface area contributed by atoms with Crippen molar-refractivity contribution in [1.82, 2.24) is 0 Å². The highest BCUT2D eigenvalue weighted by Gasteiger charge is 2.24. The van der Waals surface area contributed by atoms with E-state index in [1.54, 1.807) is 13.2 Å². The molecule has 0 N–H and O–H groups in total. The Balaban J connectivity index is 2.43. The highest BCUT2D eigenvalue weighted by atomic mass is 16.5. The lowest BCUT2D eigenvalue weighted by molar-refractivity contribution is -0.134. The Morgan fingerprint density at radius 1 is 1.30 bits per heavy atom. The smallest absolute Gasteiger partial charge is 0.330 e. The maximum absolute atomic E-state index is 11.2. The van der Waals surface area contributed by atoms with Crippen LogP contribution in [0.3, 0.4) is 0 Å². The molecule has 0 fully saturated rings. The van der Waals surface area contributed by atoms with Crippen LogP contribution in [0, 0.1) is 0 Å². The topological polar surface area (TPSA) is 44.8 Å². The van der Waals surface area contributed by atoms with E-state index in [0.29, 0.717) is 5.75 Å². The molecule has 0 aliphatic carbocycles. The van der Waals surface area contributed by atoms with Crippen LogP contribution in [0.4, 0.5) is 0 Å². The molecule has 20 heavy (non-hydrogen) atoms. The van der Waals surface area contributed by atoms with Gasteiger partial charge in [0.05, 0.1) is 19.8 Å². The molecule has 1 aromatic carbocycles. The number of carbonyl (C=O) groups is 1. The fraction of sp³-hybridized carbons (Fsp3) is 0.312. The van der Waals surface area contributed by atoms with E-state index in [0.717, 1.165) is 16.9 Å². The highest BCUT2D eigenvalue weighted by molar-refractivity contribution is 5.88. The summed E-state index contributed by atoms with van der Waals surface area (Å²) >= 11 is 0. The van der Waals surface area contributed by atoms with Crippen molar-refractivity contribution in [2.75, 3.05) is 14.2 Å². The number of ether oxygens (including phenoxy) is 3.